The van der Waals surface area contributed by atoms with E-state index >= 15 is 0 Å². The number of benzene rings is 1. The van der Waals surface area contributed by atoms with Crippen molar-refractivity contribution in [2.75, 3.05) is 7.11 Å². The second-order valence-electron chi connectivity index (χ2n) is 1.94. The Kier molecular flexibility index (Phi) is 2.78. The molecule has 0 saturated carbocycles. The van der Waals surface area contributed by atoms with Crippen molar-refractivity contribution in [3.05, 3.63) is 21.1 Å². The SMILES string of the molecule is COc1cc(O)cc(Br)c1Br. The number of hydrogen-bond donors (Lipinski definition) is 1. The molecule has 0 spiro atoms. The Balaban J connectivity index is 3.24. The predicted octanol–water partition coefficient (Wildman–Crippen LogP) is 2.93. The molecule has 1 N–H and O–H groups in total. The topological polar surface area (TPSA) is 29.5 Å². The van der Waals surface area contributed by atoms with Crippen LogP contribution >= 0.6 is 31.9 Å². The second-order valence-corrected chi connectivity index (χ2v) is 3.59. The molecule has 60 valence electrons. The fourth-order valence-electron chi connectivity index (χ4n) is 0.699. The van der Waals surface area contributed by atoms with Gasteiger partial charge < -0.3 is 9.84 Å². The summed E-state index contributed by atoms with van der Waals surface area (Å²) in [5.74, 6) is 0.786. The number of methoxy groups -OCH3 is 1. The Hall–Kier alpha value is -0.220. The highest BCUT2D eigenvalue weighted by Gasteiger charge is 2.05. The van der Waals surface area contributed by atoms with Gasteiger partial charge in [-0.3, -0.25) is 0 Å². The first-order chi connectivity index (χ1) is 5.15. The Bertz CT molecular complexity index is 273. The molecule has 0 fully saturated rings. The lowest BCUT2D eigenvalue weighted by atomic mass is 10.3. The van der Waals surface area contributed by atoms with Crippen molar-refractivity contribution in [3.8, 4) is 11.5 Å². The van der Waals surface area contributed by atoms with Gasteiger partial charge in [-0.05, 0) is 37.9 Å². The number of ether oxygens (including phenoxy) is 1. The molecule has 0 aliphatic heterocycles. The molecule has 0 aromatic heterocycles. The first-order valence-electron chi connectivity index (χ1n) is 2.87. The third kappa shape index (κ3) is 1.87. The smallest absolute Gasteiger partial charge is 0.137 e. The summed E-state index contributed by atoms with van der Waals surface area (Å²) in [7, 11) is 1.55. The van der Waals surface area contributed by atoms with Crippen molar-refractivity contribution in [2.45, 2.75) is 0 Å². The minimum atomic E-state index is 0.178. The Morgan fingerprint density at radius 1 is 1.36 bits per heavy atom. The quantitative estimate of drug-likeness (QED) is 0.858. The summed E-state index contributed by atoms with van der Waals surface area (Å²) in [4.78, 5) is 0. The van der Waals surface area contributed by atoms with E-state index in [-0.39, 0.29) is 5.75 Å². The summed E-state index contributed by atoms with van der Waals surface area (Å²) in [5.41, 5.74) is 0. The minimum absolute atomic E-state index is 0.178. The van der Waals surface area contributed by atoms with Gasteiger partial charge in [0, 0.05) is 10.5 Å². The highest BCUT2D eigenvalue weighted by atomic mass is 79.9. The molecule has 0 unspecified atom stereocenters. The lowest BCUT2D eigenvalue weighted by Gasteiger charge is -2.04. The molecule has 1 aromatic carbocycles. The number of halogens is 2. The van der Waals surface area contributed by atoms with Crippen LogP contribution in [0.5, 0.6) is 11.5 Å². The van der Waals surface area contributed by atoms with Crippen molar-refractivity contribution in [3.63, 3.8) is 0 Å². The van der Waals surface area contributed by atoms with Crippen LogP contribution in [0.3, 0.4) is 0 Å². The summed E-state index contributed by atoms with van der Waals surface area (Å²) in [5, 5.41) is 9.12. The molecule has 4 heteroatoms. The standard InChI is InChI=1S/C7H6Br2O2/c1-11-6-3-4(10)2-5(8)7(6)9/h2-3,10H,1H3. The molecular weight excluding hydrogens is 276 g/mol. The number of phenols is 1. The molecule has 0 aliphatic rings. The molecule has 0 bridgehead atoms. The van der Waals surface area contributed by atoms with Gasteiger partial charge in [-0.2, -0.15) is 0 Å². The monoisotopic (exact) mass is 280 g/mol. The predicted molar refractivity (Wildman–Crippen MR) is 50.1 cm³/mol. The number of aromatic hydroxyl groups is 1. The minimum Gasteiger partial charge on any atom is -0.508 e. The number of phenolic OH excluding ortho intramolecular Hbond substituents is 1. The van der Waals surface area contributed by atoms with E-state index in [9.17, 15) is 0 Å². The molecule has 1 aromatic rings. The summed E-state index contributed by atoms with van der Waals surface area (Å²) in [6, 6.07) is 3.13. The van der Waals surface area contributed by atoms with Crippen LogP contribution in [0.2, 0.25) is 0 Å². The van der Waals surface area contributed by atoms with E-state index in [0.29, 0.717) is 5.75 Å². The first-order valence-corrected chi connectivity index (χ1v) is 4.45. The molecule has 0 radical (unpaired) electrons. The number of hydrogen-bond acceptors (Lipinski definition) is 2. The zero-order valence-electron chi connectivity index (χ0n) is 5.77. The Morgan fingerprint density at radius 3 is 2.55 bits per heavy atom. The second kappa shape index (κ2) is 3.45. The molecule has 11 heavy (non-hydrogen) atoms. The molecule has 0 saturated heterocycles. The van der Waals surface area contributed by atoms with Crippen LogP contribution in [0.1, 0.15) is 0 Å². The third-order valence-electron chi connectivity index (χ3n) is 1.20. The van der Waals surface area contributed by atoms with Crippen LogP contribution in [-0.2, 0) is 0 Å². The first kappa shape index (κ1) is 8.87. The average molecular weight is 282 g/mol. The van der Waals surface area contributed by atoms with E-state index < -0.39 is 0 Å². The number of rotatable bonds is 1. The molecule has 1 rings (SSSR count). The van der Waals surface area contributed by atoms with Crippen LogP contribution in [0, 0.1) is 0 Å². The Morgan fingerprint density at radius 2 is 2.00 bits per heavy atom. The molecule has 2 nitrogen and oxygen atoms in total. The van der Waals surface area contributed by atoms with Crippen molar-refractivity contribution in [1.82, 2.24) is 0 Å². The molecule has 0 atom stereocenters. The molecule has 0 aliphatic carbocycles. The van der Waals surface area contributed by atoms with E-state index in [4.69, 9.17) is 9.84 Å². The molecular formula is C7H6Br2O2. The van der Waals surface area contributed by atoms with Gasteiger partial charge in [-0.25, -0.2) is 0 Å². The normalized spacial score (nSPS) is 9.73. The van der Waals surface area contributed by atoms with Crippen LogP contribution in [0.25, 0.3) is 0 Å². The van der Waals surface area contributed by atoms with E-state index in [0.717, 1.165) is 8.95 Å². The summed E-state index contributed by atoms with van der Waals surface area (Å²) in [6.45, 7) is 0. The molecule has 0 heterocycles. The summed E-state index contributed by atoms with van der Waals surface area (Å²) in [6.07, 6.45) is 0. The maximum absolute atomic E-state index is 9.12. The van der Waals surface area contributed by atoms with Crippen LogP contribution in [-0.4, -0.2) is 12.2 Å². The van der Waals surface area contributed by atoms with Gasteiger partial charge in [-0.1, -0.05) is 0 Å². The summed E-state index contributed by atoms with van der Waals surface area (Å²) >= 11 is 6.54. The van der Waals surface area contributed by atoms with Crippen molar-refractivity contribution < 1.29 is 9.84 Å². The third-order valence-corrected chi connectivity index (χ3v) is 3.17. The van der Waals surface area contributed by atoms with E-state index in [1.54, 1.807) is 13.2 Å². The maximum atomic E-state index is 9.12. The fourth-order valence-corrected chi connectivity index (χ4v) is 1.52. The fraction of sp³-hybridized carbons (Fsp3) is 0.143. The molecule has 0 amide bonds. The van der Waals surface area contributed by atoms with Gasteiger partial charge in [-0.15, -0.1) is 0 Å². The van der Waals surface area contributed by atoms with Crippen molar-refractivity contribution >= 4 is 31.9 Å². The van der Waals surface area contributed by atoms with Crippen LogP contribution in [0.4, 0.5) is 0 Å². The Labute approximate surface area is 81.4 Å². The largest absolute Gasteiger partial charge is 0.508 e. The van der Waals surface area contributed by atoms with Crippen LogP contribution in [0.15, 0.2) is 21.1 Å². The maximum Gasteiger partial charge on any atom is 0.137 e. The zero-order chi connectivity index (χ0) is 8.43. The van der Waals surface area contributed by atoms with Gasteiger partial charge in [0.25, 0.3) is 0 Å². The van der Waals surface area contributed by atoms with Gasteiger partial charge in [0.05, 0.1) is 11.6 Å². The van der Waals surface area contributed by atoms with Gasteiger partial charge in [0.15, 0.2) is 0 Å². The lowest BCUT2D eigenvalue weighted by molar-refractivity contribution is 0.404. The van der Waals surface area contributed by atoms with E-state index in [1.807, 2.05) is 0 Å². The van der Waals surface area contributed by atoms with Gasteiger partial charge in [0.2, 0.25) is 0 Å². The highest BCUT2D eigenvalue weighted by Crippen LogP contribution is 2.35. The highest BCUT2D eigenvalue weighted by molar-refractivity contribution is 9.13. The van der Waals surface area contributed by atoms with Crippen molar-refractivity contribution in [2.24, 2.45) is 0 Å². The summed E-state index contributed by atoms with van der Waals surface area (Å²) < 4.78 is 6.55. The zero-order valence-corrected chi connectivity index (χ0v) is 8.94. The average Bonchev–Trinajstić information content (AvgIpc) is 1.96. The van der Waals surface area contributed by atoms with Gasteiger partial charge in [0.1, 0.15) is 11.5 Å². The van der Waals surface area contributed by atoms with Crippen LogP contribution < -0.4 is 4.74 Å². The van der Waals surface area contributed by atoms with Crippen molar-refractivity contribution in [1.29, 1.82) is 0 Å². The lowest BCUT2D eigenvalue weighted by Crippen LogP contribution is -1.84. The van der Waals surface area contributed by atoms with E-state index in [1.165, 1.54) is 6.07 Å². The van der Waals surface area contributed by atoms with Gasteiger partial charge >= 0.3 is 0 Å². The van der Waals surface area contributed by atoms with E-state index in [2.05, 4.69) is 31.9 Å².